The molecule has 0 aliphatic heterocycles. The lowest BCUT2D eigenvalue weighted by Gasteiger charge is -2.06. The Bertz CT molecular complexity index is 648. The fraction of sp³-hybridized carbons (Fsp3) is 0.0909. The minimum Gasteiger partial charge on any atom is -0.421 e. The van der Waals surface area contributed by atoms with Crippen LogP contribution < -0.4 is 10.5 Å². The Labute approximate surface area is 107 Å². The molecule has 2 rings (SSSR count). The van der Waals surface area contributed by atoms with Crippen LogP contribution in [0.25, 0.3) is 0 Å². The smallest absolute Gasteiger partial charge is 0.323 e. The zero-order chi connectivity index (χ0) is 14.0. The van der Waals surface area contributed by atoms with Crippen LogP contribution in [0.3, 0.4) is 0 Å². The fourth-order valence-corrected chi connectivity index (χ4v) is 1.42. The molecule has 8 heteroatoms. The lowest BCUT2D eigenvalue weighted by molar-refractivity contribution is -0.385. The second-order valence-electron chi connectivity index (χ2n) is 3.69. The molecule has 0 saturated heterocycles. The first-order chi connectivity index (χ1) is 8.97. The summed E-state index contributed by atoms with van der Waals surface area (Å²) in [7, 11) is 0. The first-order valence-corrected chi connectivity index (χ1v) is 5.18. The first-order valence-electron chi connectivity index (χ1n) is 5.18. The SMILES string of the molecule is Cc1cc(Oc2nccc(N)n2)c(F)cc1[N+](=O)[O-]. The quantitative estimate of drug-likeness (QED) is 0.673. The summed E-state index contributed by atoms with van der Waals surface area (Å²) >= 11 is 0. The third kappa shape index (κ3) is 2.73. The van der Waals surface area contributed by atoms with E-state index in [1.165, 1.54) is 25.3 Å². The number of nitrogens with zero attached hydrogens (tertiary/aromatic N) is 3. The molecule has 0 atom stereocenters. The Kier molecular flexibility index (Phi) is 3.23. The van der Waals surface area contributed by atoms with Crippen molar-refractivity contribution in [2.75, 3.05) is 5.73 Å². The molecular formula is C11H9FN4O3. The van der Waals surface area contributed by atoms with Gasteiger partial charge in [0.2, 0.25) is 0 Å². The molecule has 0 aliphatic carbocycles. The maximum Gasteiger partial charge on any atom is 0.323 e. The largest absolute Gasteiger partial charge is 0.421 e. The summed E-state index contributed by atoms with van der Waals surface area (Å²) in [6.45, 7) is 1.48. The van der Waals surface area contributed by atoms with Gasteiger partial charge >= 0.3 is 6.01 Å². The van der Waals surface area contributed by atoms with E-state index in [4.69, 9.17) is 10.5 Å². The van der Waals surface area contributed by atoms with Crippen molar-refractivity contribution in [2.24, 2.45) is 0 Å². The lowest BCUT2D eigenvalue weighted by atomic mass is 10.2. The number of nitro groups is 1. The molecule has 2 aromatic rings. The molecule has 2 N–H and O–H groups in total. The zero-order valence-corrected chi connectivity index (χ0v) is 9.83. The number of hydrogen-bond donors (Lipinski definition) is 1. The number of nitrogens with two attached hydrogens (primary N) is 1. The highest BCUT2D eigenvalue weighted by molar-refractivity contribution is 5.46. The van der Waals surface area contributed by atoms with Gasteiger partial charge in [-0.15, -0.1) is 0 Å². The van der Waals surface area contributed by atoms with Crippen LogP contribution in [-0.2, 0) is 0 Å². The number of halogens is 1. The molecule has 1 heterocycles. The highest BCUT2D eigenvalue weighted by Gasteiger charge is 2.17. The summed E-state index contributed by atoms with van der Waals surface area (Å²) in [5, 5.41) is 10.6. The van der Waals surface area contributed by atoms with Gasteiger partial charge in [-0.1, -0.05) is 0 Å². The molecule has 0 fully saturated rings. The molecule has 0 spiro atoms. The molecule has 19 heavy (non-hydrogen) atoms. The molecule has 1 aromatic carbocycles. The summed E-state index contributed by atoms with van der Waals surface area (Å²) in [6, 6.07) is 3.31. The number of nitrogen functional groups attached to an aromatic ring is 1. The number of benzene rings is 1. The predicted molar refractivity (Wildman–Crippen MR) is 64.3 cm³/mol. The second-order valence-corrected chi connectivity index (χ2v) is 3.69. The van der Waals surface area contributed by atoms with Crippen LogP contribution in [0.2, 0.25) is 0 Å². The number of anilines is 1. The predicted octanol–water partition coefficient (Wildman–Crippen LogP) is 2.21. The van der Waals surface area contributed by atoms with E-state index in [2.05, 4.69) is 9.97 Å². The molecule has 0 bridgehead atoms. The number of aromatic nitrogens is 2. The van der Waals surface area contributed by atoms with Crippen molar-refractivity contribution in [1.82, 2.24) is 9.97 Å². The topological polar surface area (TPSA) is 104 Å². The monoisotopic (exact) mass is 264 g/mol. The van der Waals surface area contributed by atoms with Crippen LogP contribution in [0.5, 0.6) is 11.8 Å². The molecule has 0 amide bonds. The maximum absolute atomic E-state index is 13.7. The Morgan fingerprint density at radius 2 is 2.21 bits per heavy atom. The summed E-state index contributed by atoms with van der Waals surface area (Å²) in [5.74, 6) is -0.902. The molecule has 7 nitrogen and oxygen atoms in total. The van der Waals surface area contributed by atoms with Crippen molar-refractivity contribution in [1.29, 1.82) is 0 Å². The van der Waals surface area contributed by atoms with Gasteiger partial charge in [0.15, 0.2) is 11.6 Å². The van der Waals surface area contributed by atoms with E-state index in [1.54, 1.807) is 0 Å². The third-order valence-corrected chi connectivity index (χ3v) is 2.30. The van der Waals surface area contributed by atoms with Gasteiger partial charge in [-0.3, -0.25) is 10.1 Å². The lowest BCUT2D eigenvalue weighted by Crippen LogP contribution is -1.99. The van der Waals surface area contributed by atoms with Crippen molar-refractivity contribution in [2.45, 2.75) is 6.92 Å². The van der Waals surface area contributed by atoms with Gasteiger partial charge in [0, 0.05) is 11.8 Å². The van der Waals surface area contributed by atoms with Gasteiger partial charge in [-0.2, -0.15) is 4.98 Å². The van der Waals surface area contributed by atoms with Gasteiger partial charge in [-0.25, -0.2) is 9.37 Å². The van der Waals surface area contributed by atoms with E-state index < -0.39 is 10.7 Å². The van der Waals surface area contributed by atoms with Crippen LogP contribution in [0.15, 0.2) is 24.4 Å². The summed E-state index contributed by atoms with van der Waals surface area (Å²) < 4.78 is 18.8. The average Bonchev–Trinajstić information content (AvgIpc) is 2.33. The number of hydrogen-bond acceptors (Lipinski definition) is 6. The second kappa shape index (κ2) is 4.84. The van der Waals surface area contributed by atoms with Gasteiger partial charge in [0.05, 0.1) is 11.0 Å². The van der Waals surface area contributed by atoms with Crippen LogP contribution in [0, 0.1) is 22.9 Å². The van der Waals surface area contributed by atoms with Crippen LogP contribution in [0.1, 0.15) is 5.56 Å². The van der Waals surface area contributed by atoms with E-state index in [1.807, 2.05) is 0 Å². The highest BCUT2D eigenvalue weighted by atomic mass is 19.1. The van der Waals surface area contributed by atoms with E-state index >= 15 is 0 Å². The molecular weight excluding hydrogens is 255 g/mol. The molecule has 0 saturated carbocycles. The summed E-state index contributed by atoms with van der Waals surface area (Å²) in [6.07, 6.45) is 1.35. The fourth-order valence-electron chi connectivity index (χ4n) is 1.42. The standard InChI is InChI=1S/C11H9FN4O3/c1-6-4-9(7(12)5-8(6)16(17)18)19-11-14-3-2-10(13)15-11/h2-5H,1H3,(H2,13,14,15). The van der Waals surface area contributed by atoms with Crippen molar-refractivity contribution in [3.63, 3.8) is 0 Å². The molecule has 98 valence electrons. The summed E-state index contributed by atoms with van der Waals surface area (Å²) in [4.78, 5) is 17.5. The Morgan fingerprint density at radius 1 is 1.47 bits per heavy atom. The first kappa shape index (κ1) is 12.7. The van der Waals surface area contributed by atoms with Gasteiger partial charge < -0.3 is 10.5 Å². The van der Waals surface area contributed by atoms with Crippen molar-refractivity contribution in [3.8, 4) is 11.8 Å². The molecule has 0 unspecified atom stereocenters. The number of aryl methyl sites for hydroxylation is 1. The number of nitro benzene ring substituents is 1. The summed E-state index contributed by atoms with van der Waals surface area (Å²) in [5.41, 5.74) is 5.38. The van der Waals surface area contributed by atoms with Crippen LogP contribution >= 0.6 is 0 Å². The van der Waals surface area contributed by atoms with Crippen molar-refractivity contribution >= 4 is 11.5 Å². The molecule has 0 radical (unpaired) electrons. The number of rotatable bonds is 3. The Morgan fingerprint density at radius 3 is 2.84 bits per heavy atom. The van der Waals surface area contributed by atoms with Crippen molar-refractivity contribution < 1.29 is 14.1 Å². The average molecular weight is 264 g/mol. The minimum absolute atomic E-state index is 0.132. The maximum atomic E-state index is 13.7. The third-order valence-electron chi connectivity index (χ3n) is 2.30. The highest BCUT2D eigenvalue weighted by Crippen LogP contribution is 2.29. The minimum atomic E-state index is -0.872. The normalized spacial score (nSPS) is 10.2. The van der Waals surface area contributed by atoms with E-state index in [9.17, 15) is 14.5 Å². The van der Waals surface area contributed by atoms with Crippen LogP contribution in [-0.4, -0.2) is 14.9 Å². The van der Waals surface area contributed by atoms with Gasteiger partial charge in [-0.05, 0) is 19.1 Å². The Balaban J connectivity index is 2.36. The Hall–Kier alpha value is -2.77. The molecule has 1 aromatic heterocycles. The van der Waals surface area contributed by atoms with Crippen LogP contribution in [0.4, 0.5) is 15.9 Å². The number of ether oxygens (including phenoxy) is 1. The van der Waals surface area contributed by atoms with Gasteiger partial charge in [0.25, 0.3) is 5.69 Å². The van der Waals surface area contributed by atoms with E-state index in [-0.39, 0.29) is 28.8 Å². The van der Waals surface area contributed by atoms with Crippen molar-refractivity contribution in [3.05, 3.63) is 45.9 Å². The van der Waals surface area contributed by atoms with Gasteiger partial charge in [0.1, 0.15) is 5.82 Å². The zero-order valence-electron chi connectivity index (χ0n) is 9.83. The van der Waals surface area contributed by atoms with E-state index in [0.29, 0.717) is 0 Å². The van der Waals surface area contributed by atoms with E-state index in [0.717, 1.165) is 6.07 Å². The molecule has 0 aliphatic rings.